The molecule has 2 aliphatic rings. The number of benzene rings is 1. The number of nitrogens with one attached hydrogen (secondary N) is 2. The predicted molar refractivity (Wildman–Crippen MR) is 96.1 cm³/mol. The molecular formula is C18H21N3O2S. The quantitative estimate of drug-likeness (QED) is 0.881. The molecular weight excluding hydrogens is 322 g/mol. The minimum atomic E-state index is 0.0163. The number of nitrogens with zero attached hydrogens (tertiary/aromatic N) is 1. The van der Waals surface area contributed by atoms with Gasteiger partial charge in [0.1, 0.15) is 11.6 Å². The first-order valence-corrected chi connectivity index (χ1v) is 9.29. The Kier molecular flexibility index (Phi) is 4.14. The summed E-state index contributed by atoms with van der Waals surface area (Å²) in [7, 11) is 1.84. The minimum absolute atomic E-state index is 0.0163. The molecule has 1 aliphatic carbocycles. The summed E-state index contributed by atoms with van der Waals surface area (Å²) in [5.41, 5.74) is 1.12. The highest BCUT2D eigenvalue weighted by molar-refractivity contribution is 7.16. The van der Waals surface area contributed by atoms with Gasteiger partial charge < -0.3 is 15.4 Å². The third-order valence-corrected chi connectivity index (χ3v) is 5.88. The summed E-state index contributed by atoms with van der Waals surface area (Å²) < 4.78 is 6.12. The van der Waals surface area contributed by atoms with Crippen molar-refractivity contribution >= 4 is 28.2 Å². The predicted octanol–water partition coefficient (Wildman–Crippen LogP) is 3.98. The van der Waals surface area contributed by atoms with Crippen LogP contribution in [0.25, 0.3) is 0 Å². The molecule has 4 rings (SSSR count). The summed E-state index contributed by atoms with van der Waals surface area (Å²) in [5.74, 6) is 1.65. The number of aromatic nitrogens is 1. The molecule has 126 valence electrons. The fraction of sp³-hybridized carbons (Fsp3) is 0.444. The molecule has 0 unspecified atom stereocenters. The third-order valence-electron chi connectivity index (χ3n) is 4.70. The molecule has 1 atom stereocenters. The summed E-state index contributed by atoms with van der Waals surface area (Å²) in [6.07, 6.45) is 5.57. The summed E-state index contributed by atoms with van der Waals surface area (Å²) in [5, 5.41) is 6.76. The van der Waals surface area contributed by atoms with Crippen molar-refractivity contribution in [3.8, 4) is 5.75 Å². The molecule has 24 heavy (non-hydrogen) atoms. The molecule has 1 fully saturated rings. The van der Waals surface area contributed by atoms with Gasteiger partial charge in [-0.1, -0.05) is 23.5 Å². The molecule has 5 nitrogen and oxygen atoms in total. The Labute approximate surface area is 145 Å². The molecule has 2 heterocycles. The topological polar surface area (TPSA) is 63.3 Å². The van der Waals surface area contributed by atoms with E-state index in [1.807, 2.05) is 19.2 Å². The SMILES string of the molecule is CNc1nc2c(s1)[C@H](c1cccc(OC3CCCC3)c1)CC(=O)N2. The molecule has 1 saturated carbocycles. The standard InChI is InChI=1S/C18H21N3O2S/c1-19-18-21-17-16(24-18)14(10-15(22)20-17)11-5-4-8-13(9-11)23-12-6-2-3-7-12/h4-5,8-9,12,14H,2-3,6-7,10H2,1H3,(H,19,21)(H,20,22)/t14-/m0/s1. The Balaban J connectivity index is 1.63. The van der Waals surface area contributed by atoms with Gasteiger partial charge in [0.25, 0.3) is 0 Å². The van der Waals surface area contributed by atoms with Gasteiger partial charge in [0.05, 0.1) is 11.0 Å². The fourth-order valence-electron chi connectivity index (χ4n) is 3.50. The lowest BCUT2D eigenvalue weighted by atomic mass is 9.91. The van der Waals surface area contributed by atoms with E-state index in [4.69, 9.17) is 4.74 Å². The lowest BCUT2D eigenvalue weighted by molar-refractivity contribution is -0.116. The summed E-state index contributed by atoms with van der Waals surface area (Å²) in [4.78, 5) is 17.6. The zero-order chi connectivity index (χ0) is 16.5. The number of carbonyl (C=O) groups excluding carboxylic acids is 1. The first-order chi connectivity index (χ1) is 11.7. The Morgan fingerprint density at radius 3 is 2.96 bits per heavy atom. The van der Waals surface area contributed by atoms with Crippen LogP contribution in [0, 0.1) is 0 Å². The molecule has 0 saturated heterocycles. The average molecular weight is 343 g/mol. The van der Waals surface area contributed by atoms with Crippen molar-refractivity contribution in [3.05, 3.63) is 34.7 Å². The number of hydrogen-bond acceptors (Lipinski definition) is 5. The monoisotopic (exact) mass is 343 g/mol. The number of fused-ring (bicyclic) bond motifs is 1. The van der Waals surface area contributed by atoms with Gasteiger partial charge in [-0.05, 0) is 43.4 Å². The molecule has 1 aliphatic heterocycles. The van der Waals surface area contributed by atoms with Crippen molar-refractivity contribution in [1.82, 2.24) is 4.98 Å². The molecule has 2 N–H and O–H groups in total. The van der Waals surface area contributed by atoms with E-state index in [-0.39, 0.29) is 11.8 Å². The van der Waals surface area contributed by atoms with Gasteiger partial charge in [-0.15, -0.1) is 0 Å². The smallest absolute Gasteiger partial charge is 0.226 e. The van der Waals surface area contributed by atoms with Gasteiger partial charge in [-0.3, -0.25) is 4.79 Å². The van der Waals surface area contributed by atoms with Crippen molar-refractivity contribution in [2.45, 2.75) is 44.1 Å². The molecule has 2 aromatic rings. The van der Waals surface area contributed by atoms with Gasteiger partial charge in [-0.25, -0.2) is 4.98 Å². The molecule has 0 bridgehead atoms. The third kappa shape index (κ3) is 2.98. The first-order valence-electron chi connectivity index (χ1n) is 8.48. The second-order valence-corrected chi connectivity index (χ2v) is 7.41. The van der Waals surface area contributed by atoms with Crippen LogP contribution in [0.1, 0.15) is 48.5 Å². The average Bonchev–Trinajstić information content (AvgIpc) is 3.23. The van der Waals surface area contributed by atoms with Crippen LogP contribution in [0.3, 0.4) is 0 Å². The molecule has 0 spiro atoms. The van der Waals surface area contributed by atoms with E-state index in [0.717, 1.165) is 34.2 Å². The van der Waals surface area contributed by atoms with Crippen LogP contribution in [0.5, 0.6) is 5.75 Å². The Morgan fingerprint density at radius 1 is 1.33 bits per heavy atom. The van der Waals surface area contributed by atoms with Crippen LogP contribution in [0.15, 0.2) is 24.3 Å². The number of ether oxygens (including phenoxy) is 1. The summed E-state index contributed by atoms with van der Waals surface area (Å²) in [6.45, 7) is 0. The summed E-state index contributed by atoms with van der Waals surface area (Å²) in [6, 6.07) is 8.20. The van der Waals surface area contributed by atoms with E-state index in [0.29, 0.717) is 18.3 Å². The van der Waals surface area contributed by atoms with Crippen LogP contribution < -0.4 is 15.4 Å². The molecule has 6 heteroatoms. The first kappa shape index (κ1) is 15.4. The highest BCUT2D eigenvalue weighted by Crippen LogP contribution is 2.42. The van der Waals surface area contributed by atoms with Gasteiger partial charge in [0.15, 0.2) is 5.13 Å². The van der Waals surface area contributed by atoms with E-state index in [1.165, 1.54) is 12.8 Å². The van der Waals surface area contributed by atoms with Crippen molar-refractivity contribution in [2.24, 2.45) is 0 Å². The van der Waals surface area contributed by atoms with Crippen LogP contribution in [-0.2, 0) is 4.79 Å². The minimum Gasteiger partial charge on any atom is -0.490 e. The molecule has 1 amide bonds. The maximum absolute atomic E-state index is 12.1. The second-order valence-electron chi connectivity index (χ2n) is 6.38. The van der Waals surface area contributed by atoms with Crippen LogP contribution in [0.2, 0.25) is 0 Å². The maximum atomic E-state index is 12.1. The van der Waals surface area contributed by atoms with E-state index in [1.54, 1.807) is 11.3 Å². The molecule has 1 aromatic heterocycles. The highest BCUT2D eigenvalue weighted by Gasteiger charge is 2.30. The molecule has 1 aromatic carbocycles. The fourth-order valence-corrected chi connectivity index (χ4v) is 4.50. The lowest BCUT2D eigenvalue weighted by Crippen LogP contribution is -2.22. The van der Waals surface area contributed by atoms with Crippen LogP contribution in [-0.4, -0.2) is 24.0 Å². The number of carbonyl (C=O) groups is 1. The van der Waals surface area contributed by atoms with Crippen LogP contribution >= 0.6 is 11.3 Å². The van der Waals surface area contributed by atoms with Crippen LogP contribution in [0.4, 0.5) is 10.9 Å². The highest BCUT2D eigenvalue weighted by atomic mass is 32.1. The lowest BCUT2D eigenvalue weighted by Gasteiger charge is -2.22. The number of hydrogen-bond donors (Lipinski definition) is 2. The van der Waals surface area contributed by atoms with E-state index in [9.17, 15) is 4.79 Å². The van der Waals surface area contributed by atoms with E-state index in [2.05, 4.69) is 27.8 Å². The Bertz CT molecular complexity index is 752. The normalized spacial score (nSPS) is 20.5. The van der Waals surface area contributed by atoms with Gasteiger partial charge in [-0.2, -0.15) is 0 Å². The Morgan fingerprint density at radius 2 is 2.17 bits per heavy atom. The Hall–Kier alpha value is -2.08. The zero-order valence-electron chi connectivity index (χ0n) is 13.7. The number of anilines is 2. The zero-order valence-corrected chi connectivity index (χ0v) is 14.5. The van der Waals surface area contributed by atoms with Gasteiger partial charge in [0, 0.05) is 19.4 Å². The maximum Gasteiger partial charge on any atom is 0.226 e. The van der Waals surface area contributed by atoms with Crippen molar-refractivity contribution in [3.63, 3.8) is 0 Å². The second kappa shape index (κ2) is 6.43. The number of thiazole rings is 1. The van der Waals surface area contributed by atoms with Crippen molar-refractivity contribution in [2.75, 3.05) is 17.7 Å². The van der Waals surface area contributed by atoms with Crippen molar-refractivity contribution in [1.29, 1.82) is 0 Å². The largest absolute Gasteiger partial charge is 0.490 e. The van der Waals surface area contributed by atoms with E-state index >= 15 is 0 Å². The summed E-state index contributed by atoms with van der Waals surface area (Å²) >= 11 is 1.60. The molecule has 0 radical (unpaired) electrons. The number of rotatable bonds is 4. The van der Waals surface area contributed by atoms with Crippen molar-refractivity contribution < 1.29 is 9.53 Å². The van der Waals surface area contributed by atoms with E-state index < -0.39 is 0 Å². The van der Waals surface area contributed by atoms with Gasteiger partial charge >= 0.3 is 0 Å². The number of amides is 1. The van der Waals surface area contributed by atoms with Gasteiger partial charge in [0.2, 0.25) is 5.91 Å².